The van der Waals surface area contributed by atoms with Crippen LogP contribution in [-0.4, -0.2) is 51.1 Å². The Labute approximate surface area is 170 Å². The van der Waals surface area contributed by atoms with E-state index in [0.29, 0.717) is 42.2 Å². The molecule has 0 heterocycles. The third-order valence-corrected chi connectivity index (χ3v) is 3.92. The standard InChI is InChI=1S/C21H26N4O4/c1-3-22-20(27)16-7-5-9-18(13-16)25-19(26)14-24-17-8-4-6-15(12-17)21(28)23-10-11-29-2/h4-9,12-13,24H,3,10-11,14H2,1-2H3,(H,22,27)(H,23,28)(H,25,26). The molecular formula is C21H26N4O4. The van der Waals surface area contributed by atoms with Gasteiger partial charge in [-0.15, -0.1) is 0 Å². The lowest BCUT2D eigenvalue weighted by Crippen LogP contribution is -2.27. The maximum absolute atomic E-state index is 12.2. The van der Waals surface area contributed by atoms with Crippen molar-refractivity contribution in [1.82, 2.24) is 10.6 Å². The van der Waals surface area contributed by atoms with Gasteiger partial charge < -0.3 is 26.0 Å². The van der Waals surface area contributed by atoms with Crippen LogP contribution < -0.4 is 21.3 Å². The van der Waals surface area contributed by atoms with Crippen LogP contribution in [-0.2, 0) is 9.53 Å². The smallest absolute Gasteiger partial charge is 0.251 e. The Balaban J connectivity index is 1.89. The van der Waals surface area contributed by atoms with Crippen LogP contribution in [0, 0.1) is 0 Å². The largest absolute Gasteiger partial charge is 0.383 e. The average molecular weight is 398 g/mol. The van der Waals surface area contributed by atoms with E-state index in [2.05, 4.69) is 21.3 Å². The van der Waals surface area contributed by atoms with Gasteiger partial charge in [-0.05, 0) is 43.3 Å². The summed E-state index contributed by atoms with van der Waals surface area (Å²) >= 11 is 0. The molecule has 0 saturated carbocycles. The number of hydrogen-bond acceptors (Lipinski definition) is 5. The monoisotopic (exact) mass is 398 g/mol. The summed E-state index contributed by atoms with van der Waals surface area (Å²) in [6.07, 6.45) is 0. The van der Waals surface area contributed by atoms with Gasteiger partial charge in [0.15, 0.2) is 0 Å². The van der Waals surface area contributed by atoms with Gasteiger partial charge in [0.1, 0.15) is 0 Å². The molecule has 8 heteroatoms. The zero-order chi connectivity index (χ0) is 21.1. The Bertz CT molecular complexity index is 854. The molecule has 0 fully saturated rings. The molecule has 0 saturated heterocycles. The summed E-state index contributed by atoms with van der Waals surface area (Å²) in [4.78, 5) is 36.2. The molecule has 0 spiro atoms. The molecule has 29 heavy (non-hydrogen) atoms. The van der Waals surface area contributed by atoms with Crippen molar-refractivity contribution < 1.29 is 19.1 Å². The number of anilines is 2. The Morgan fingerprint density at radius 1 is 0.897 bits per heavy atom. The molecule has 0 aliphatic rings. The molecule has 3 amide bonds. The van der Waals surface area contributed by atoms with Gasteiger partial charge in [-0.1, -0.05) is 12.1 Å². The maximum Gasteiger partial charge on any atom is 0.251 e. The summed E-state index contributed by atoms with van der Waals surface area (Å²) in [6.45, 7) is 3.24. The van der Waals surface area contributed by atoms with Crippen LogP contribution in [0.4, 0.5) is 11.4 Å². The lowest BCUT2D eigenvalue weighted by atomic mass is 10.2. The number of carbonyl (C=O) groups excluding carboxylic acids is 3. The molecule has 2 rings (SSSR count). The minimum absolute atomic E-state index is 0.0140. The molecule has 0 aliphatic carbocycles. The van der Waals surface area contributed by atoms with Crippen molar-refractivity contribution in [3.8, 4) is 0 Å². The zero-order valence-electron chi connectivity index (χ0n) is 16.6. The van der Waals surface area contributed by atoms with Crippen molar-refractivity contribution in [2.45, 2.75) is 6.92 Å². The molecule has 8 nitrogen and oxygen atoms in total. The van der Waals surface area contributed by atoms with Crippen LogP contribution >= 0.6 is 0 Å². The van der Waals surface area contributed by atoms with Crippen LogP contribution in [0.1, 0.15) is 27.6 Å². The summed E-state index contributed by atoms with van der Waals surface area (Å²) in [5, 5.41) is 11.2. The lowest BCUT2D eigenvalue weighted by molar-refractivity contribution is -0.114. The van der Waals surface area contributed by atoms with Crippen molar-refractivity contribution in [3.05, 3.63) is 59.7 Å². The van der Waals surface area contributed by atoms with Crippen LogP contribution in [0.15, 0.2) is 48.5 Å². The molecule has 154 valence electrons. The minimum atomic E-state index is -0.270. The van der Waals surface area contributed by atoms with E-state index in [0.717, 1.165) is 0 Å². The first kappa shape index (κ1) is 21.9. The average Bonchev–Trinajstić information content (AvgIpc) is 2.73. The minimum Gasteiger partial charge on any atom is -0.383 e. The molecule has 0 aliphatic heterocycles. The van der Waals surface area contributed by atoms with E-state index in [4.69, 9.17) is 4.74 Å². The highest BCUT2D eigenvalue weighted by Gasteiger charge is 2.09. The third-order valence-electron chi connectivity index (χ3n) is 3.92. The predicted octanol–water partition coefficient (Wildman–Crippen LogP) is 1.86. The van der Waals surface area contributed by atoms with Gasteiger partial charge in [-0.25, -0.2) is 0 Å². The summed E-state index contributed by atoms with van der Waals surface area (Å²) in [6, 6.07) is 13.6. The number of amides is 3. The van der Waals surface area contributed by atoms with Crippen LogP contribution in [0.25, 0.3) is 0 Å². The number of rotatable bonds is 10. The molecular weight excluding hydrogens is 372 g/mol. The number of nitrogens with one attached hydrogen (secondary N) is 4. The van der Waals surface area contributed by atoms with Crippen molar-refractivity contribution >= 4 is 29.1 Å². The molecule has 2 aromatic carbocycles. The summed E-state index contributed by atoms with van der Waals surface area (Å²) < 4.78 is 4.90. The first-order valence-corrected chi connectivity index (χ1v) is 9.32. The van der Waals surface area contributed by atoms with Crippen LogP contribution in [0.5, 0.6) is 0 Å². The van der Waals surface area contributed by atoms with E-state index in [9.17, 15) is 14.4 Å². The topological polar surface area (TPSA) is 109 Å². The van der Waals surface area contributed by atoms with Crippen molar-refractivity contribution in [3.63, 3.8) is 0 Å². The molecule has 0 radical (unpaired) electrons. The quantitative estimate of drug-likeness (QED) is 0.457. The molecule has 0 unspecified atom stereocenters. The predicted molar refractivity (Wildman–Crippen MR) is 112 cm³/mol. The number of carbonyl (C=O) groups is 3. The Morgan fingerprint density at radius 2 is 1.52 bits per heavy atom. The van der Waals surface area contributed by atoms with Gasteiger partial charge in [0, 0.05) is 42.7 Å². The normalized spacial score (nSPS) is 10.1. The zero-order valence-corrected chi connectivity index (χ0v) is 16.6. The van der Waals surface area contributed by atoms with E-state index in [1.54, 1.807) is 55.6 Å². The molecule has 0 atom stereocenters. The molecule has 4 N–H and O–H groups in total. The van der Waals surface area contributed by atoms with Crippen LogP contribution in [0.3, 0.4) is 0 Å². The van der Waals surface area contributed by atoms with E-state index in [1.165, 1.54) is 0 Å². The highest BCUT2D eigenvalue weighted by Crippen LogP contribution is 2.12. The highest BCUT2D eigenvalue weighted by molar-refractivity contribution is 5.98. The van der Waals surface area contributed by atoms with E-state index in [-0.39, 0.29) is 24.3 Å². The van der Waals surface area contributed by atoms with E-state index >= 15 is 0 Å². The summed E-state index contributed by atoms with van der Waals surface area (Å²) in [7, 11) is 1.57. The number of benzene rings is 2. The fourth-order valence-corrected chi connectivity index (χ4v) is 2.53. The first-order valence-electron chi connectivity index (χ1n) is 9.32. The van der Waals surface area contributed by atoms with Gasteiger partial charge in [0.05, 0.1) is 13.2 Å². The number of methoxy groups -OCH3 is 1. The molecule has 0 aromatic heterocycles. The SMILES string of the molecule is CCNC(=O)c1cccc(NC(=O)CNc2cccc(C(=O)NCCOC)c2)c1. The lowest BCUT2D eigenvalue weighted by Gasteiger charge is -2.10. The molecule has 0 bridgehead atoms. The fraction of sp³-hybridized carbons (Fsp3) is 0.286. The highest BCUT2D eigenvalue weighted by atomic mass is 16.5. The van der Waals surface area contributed by atoms with Gasteiger partial charge in [-0.2, -0.15) is 0 Å². The van der Waals surface area contributed by atoms with Gasteiger partial charge in [-0.3, -0.25) is 14.4 Å². The van der Waals surface area contributed by atoms with Crippen LogP contribution in [0.2, 0.25) is 0 Å². The fourth-order valence-electron chi connectivity index (χ4n) is 2.53. The van der Waals surface area contributed by atoms with Crippen molar-refractivity contribution in [2.24, 2.45) is 0 Å². The second kappa shape index (κ2) is 11.5. The summed E-state index contributed by atoms with van der Waals surface area (Å²) in [5.74, 6) is -0.673. The Morgan fingerprint density at radius 3 is 2.17 bits per heavy atom. The number of hydrogen-bond donors (Lipinski definition) is 4. The van der Waals surface area contributed by atoms with Gasteiger partial charge in [0.2, 0.25) is 5.91 Å². The first-order chi connectivity index (χ1) is 14.0. The molecule has 2 aromatic rings. The van der Waals surface area contributed by atoms with E-state index < -0.39 is 0 Å². The van der Waals surface area contributed by atoms with Crippen molar-refractivity contribution in [2.75, 3.05) is 44.0 Å². The van der Waals surface area contributed by atoms with Crippen molar-refractivity contribution in [1.29, 1.82) is 0 Å². The second-order valence-electron chi connectivity index (χ2n) is 6.17. The summed E-state index contributed by atoms with van der Waals surface area (Å²) in [5.41, 5.74) is 2.15. The third kappa shape index (κ3) is 7.27. The Hall–Kier alpha value is -3.39. The Kier molecular flexibility index (Phi) is 8.65. The maximum atomic E-state index is 12.2. The second-order valence-corrected chi connectivity index (χ2v) is 6.17. The van der Waals surface area contributed by atoms with E-state index in [1.807, 2.05) is 6.92 Å². The van der Waals surface area contributed by atoms with Gasteiger partial charge in [0.25, 0.3) is 11.8 Å². The van der Waals surface area contributed by atoms with Gasteiger partial charge >= 0.3 is 0 Å². The number of ether oxygens (including phenoxy) is 1.